The number of ketones is 1. The number of rotatable bonds is 1. The molecule has 85 heavy (non-hydrogen) atoms. The predicted octanol–water partition coefficient (Wildman–Crippen LogP) is 23.3. The summed E-state index contributed by atoms with van der Waals surface area (Å²) in [5, 5.41) is 0. The monoisotopic (exact) mass is 1300 g/mol. The SMILES string of the molecule is C=C1CC(C)=C(C)C(C)=C1C(C)(C)C.CC(=O)c1ncn(C(C)(C)C)c1C.CC1=C(C(C)(C)C)c2cc(C)c[c-]c2C1.CC1=C(C)CC(C)C(C(C)(C)C)=C1.Cc1c[c-]c2c(c1)C(C(C)(C)C)=CC2.Cc1cc(C)c(C(C)(C)C)c(C)c1C.[Y].[Y]. The van der Waals surface area contributed by atoms with Gasteiger partial charge in [0.15, 0.2) is 5.78 Å². The molecule has 5 heteroatoms. The first-order chi connectivity index (χ1) is 37.5. The molecular weight excluding hydrogens is 1180 g/mol. The number of Topliss-reactive ketones (excluding diaryl/α,β-unsaturated/α-hetero) is 1. The number of imidazole rings is 1. The molecular formula is C80H118N2OY2-2. The van der Waals surface area contributed by atoms with Gasteiger partial charge in [-0.05, 0) is 206 Å². The maximum absolute atomic E-state index is 11.1. The van der Waals surface area contributed by atoms with E-state index >= 15 is 0 Å². The fraction of sp³-hybridized carbons (Fsp3) is 0.550. The number of carbonyl (C=O) groups excluding carboxylic acids is 1. The Balaban J connectivity index is 0.000000508. The summed E-state index contributed by atoms with van der Waals surface area (Å²) in [5.74, 6) is 0.754. The number of allylic oxidation sites excluding steroid dienone is 13. The zero-order chi connectivity index (χ0) is 64.2. The van der Waals surface area contributed by atoms with E-state index in [0.29, 0.717) is 11.1 Å². The first-order valence-corrected chi connectivity index (χ1v) is 31.1. The van der Waals surface area contributed by atoms with Crippen molar-refractivity contribution in [1.29, 1.82) is 0 Å². The number of nitrogens with zero attached hydrogens (tertiary/aromatic N) is 2. The third-order valence-corrected chi connectivity index (χ3v) is 17.2. The van der Waals surface area contributed by atoms with Crippen LogP contribution in [0.2, 0.25) is 0 Å². The van der Waals surface area contributed by atoms with Crippen molar-refractivity contribution in [1.82, 2.24) is 9.55 Å². The van der Waals surface area contributed by atoms with Gasteiger partial charge < -0.3 is 4.57 Å². The average molecular weight is 1300 g/mol. The number of fused-ring (bicyclic) bond motifs is 2. The largest absolute Gasteiger partial charge is 0.329 e. The molecule has 0 N–H and O–H groups in total. The minimum atomic E-state index is -0.00914. The summed E-state index contributed by atoms with van der Waals surface area (Å²) in [4.78, 5) is 15.2. The third-order valence-electron chi connectivity index (χ3n) is 17.2. The van der Waals surface area contributed by atoms with E-state index in [2.05, 4.69) is 281 Å². The van der Waals surface area contributed by atoms with Crippen molar-refractivity contribution in [3.8, 4) is 0 Å². The minimum Gasteiger partial charge on any atom is -0.329 e. The Bertz CT molecular complexity index is 3230. The fourth-order valence-corrected chi connectivity index (χ4v) is 13.2. The number of aromatic nitrogens is 2. The number of benzene rings is 3. The molecule has 0 amide bonds. The molecule has 3 aromatic carbocycles. The molecule has 0 bridgehead atoms. The molecule has 3 nitrogen and oxygen atoms in total. The van der Waals surface area contributed by atoms with Gasteiger partial charge in [0.25, 0.3) is 0 Å². The maximum atomic E-state index is 11.1. The second-order valence-corrected chi connectivity index (χ2v) is 31.3. The summed E-state index contributed by atoms with van der Waals surface area (Å²) >= 11 is 0. The van der Waals surface area contributed by atoms with Gasteiger partial charge in [-0.15, -0.1) is 11.1 Å². The zero-order valence-corrected chi connectivity index (χ0v) is 66.4. The molecule has 0 fully saturated rings. The summed E-state index contributed by atoms with van der Waals surface area (Å²) in [5.41, 5.74) is 34.6. The molecule has 8 rings (SSSR count). The first-order valence-electron chi connectivity index (χ1n) is 31.1. The van der Waals surface area contributed by atoms with Crippen molar-refractivity contribution in [2.45, 2.75) is 265 Å². The van der Waals surface area contributed by atoms with Crippen LogP contribution in [0, 0.1) is 88.2 Å². The average Bonchev–Trinajstić information content (AvgIpc) is 3.28. The van der Waals surface area contributed by atoms with Gasteiger partial charge in [-0.2, -0.15) is 58.7 Å². The van der Waals surface area contributed by atoms with E-state index in [-0.39, 0.29) is 98.4 Å². The van der Waals surface area contributed by atoms with E-state index < -0.39 is 0 Å². The zero-order valence-electron chi connectivity index (χ0n) is 60.7. The smallest absolute Gasteiger partial charge is 0.179 e. The first kappa shape index (κ1) is 79.9. The second-order valence-electron chi connectivity index (χ2n) is 31.3. The van der Waals surface area contributed by atoms with Crippen LogP contribution in [0.3, 0.4) is 0 Å². The molecule has 0 saturated carbocycles. The fourth-order valence-electron chi connectivity index (χ4n) is 13.2. The van der Waals surface area contributed by atoms with Gasteiger partial charge in [0, 0.05) is 83.6 Å². The van der Waals surface area contributed by atoms with Gasteiger partial charge in [0.05, 0.1) is 6.33 Å². The molecule has 2 radical (unpaired) electrons. The molecule has 462 valence electrons. The third kappa shape index (κ3) is 21.6. The Morgan fingerprint density at radius 2 is 1.08 bits per heavy atom. The van der Waals surface area contributed by atoms with Crippen LogP contribution in [0.25, 0.3) is 11.1 Å². The van der Waals surface area contributed by atoms with Gasteiger partial charge >= 0.3 is 0 Å². The van der Waals surface area contributed by atoms with Crippen LogP contribution in [0.4, 0.5) is 0 Å². The quantitative estimate of drug-likeness (QED) is 0.141. The van der Waals surface area contributed by atoms with Crippen LogP contribution >= 0.6 is 0 Å². The van der Waals surface area contributed by atoms with E-state index in [9.17, 15) is 4.79 Å². The molecule has 4 aliphatic carbocycles. The van der Waals surface area contributed by atoms with Crippen LogP contribution in [0.1, 0.15) is 270 Å². The predicted molar refractivity (Wildman–Crippen MR) is 367 cm³/mol. The Morgan fingerprint density at radius 1 is 0.576 bits per heavy atom. The summed E-state index contributed by atoms with van der Waals surface area (Å²) < 4.78 is 2.02. The molecule has 1 unspecified atom stereocenters. The van der Waals surface area contributed by atoms with Crippen LogP contribution in [0.5, 0.6) is 0 Å². The topological polar surface area (TPSA) is 34.9 Å². The van der Waals surface area contributed by atoms with Gasteiger partial charge in [-0.3, -0.25) is 4.79 Å². The van der Waals surface area contributed by atoms with Crippen LogP contribution in [0.15, 0.2) is 106 Å². The summed E-state index contributed by atoms with van der Waals surface area (Å²) in [6.45, 7) is 77.1. The van der Waals surface area contributed by atoms with Gasteiger partial charge in [0.2, 0.25) is 0 Å². The second kappa shape index (κ2) is 31.1. The van der Waals surface area contributed by atoms with E-state index in [1.54, 1.807) is 24.4 Å². The molecule has 0 saturated heterocycles. The van der Waals surface area contributed by atoms with Crippen molar-refractivity contribution in [2.75, 3.05) is 0 Å². The summed E-state index contributed by atoms with van der Waals surface area (Å²) in [6, 6.07) is 17.9. The van der Waals surface area contributed by atoms with E-state index in [1.165, 1.54) is 118 Å². The van der Waals surface area contributed by atoms with Crippen LogP contribution in [-0.4, -0.2) is 15.3 Å². The standard InChI is InChI=1S/C15H19.C14H17.2C14H22.C13H22.C10H16N2O.2Y/c1-10-6-7-12-9-11(2)14(13(12)8-10)15(3,4)5;1-10-5-6-11-7-8-13(12(11)9-10)14(2,3)4;2*1-9-8-10(2)13(14(5,6)7)12(4)11(9)3;1-9-7-11(3)12(8-10(9)2)13(4,5)6;1-7-9(8(2)13)11-6-12(7)10(3,4)5;;/h6,8H,9H2,1-5H3;5,8-9H,7H2,1-4H3;8H,1-7H3;2,8H2,1,3-7H3;8,11H,7H2,1-6H3;6H,1-5H3;;/q2*-1;;;;;;. The molecule has 1 atom stereocenters. The molecule has 4 aliphatic rings. The van der Waals surface area contributed by atoms with Crippen LogP contribution in [-0.2, 0) is 89.2 Å². The van der Waals surface area contributed by atoms with Crippen LogP contribution < -0.4 is 0 Å². The number of aryl methyl sites for hydroxylation is 4. The number of hydrogen-bond donors (Lipinski definition) is 0. The van der Waals surface area contributed by atoms with E-state index in [4.69, 9.17) is 0 Å². The molecule has 1 heterocycles. The maximum Gasteiger partial charge on any atom is 0.179 e. The Morgan fingerprint density at radius 3 is 1.52 bits per heavy atom. The van der Waals surface area contributed by atoms with Crippen molar-refractivity contribution in [3.05, 3.63) is 190 Å². The number of hydrogen-bond acceptors (Lipinski definition) is 2. The number of carbonyl (C=O) groups is 1. The van der Waals surface area contributed by atoms with Crippen molar-refractivity contribution in [2.24, 2.45) is 27.6 Å². The van der Waals surface area contributed by atoms with Gasteiger partial charge in [0.1, 0.15) is 5.69 Å². The van der Waals surface area contributed by atoms with Crippen molar-refractivity contribution < 1.29 is 70.2 Å². The normalized spacial score (nSPS) is 16.1. The minimum absolute atomic E-state index is 0. The Kier molecular flexibility index (Phi) is 29.3. The van der Waals surface area contributed by atoms with Crippen molar-refractivity contribution in [3.63, 3.8) is 0 Å². The summed E-state index contributed by atoms with van der Waals surface area (Å²) in [6.07, 6.45) is 10.9. The Labute approximate surface area is 574 Å². The van der Waals surface area contributed by atoms with Gasteiger partial charge in [-0.25, -0.2) is 4.98 Å². The summed E-state index contributed by atoms with van der Waals surface area (Å²) in [7, 11) is 0. The Hall–Kier alpha value is -3.07. The molecule has 0 spiro atoms. The van der Waals surface area contributed by atoms with E-state index in [1.807, 2.05) is 11.5 Å². The van der Waals surface area contributed by atoms with Gasteiger partial charge in [-0.1, -0.05) is 188 Å². The molecule has 4 aromatic rings. The molecule has 0 aliphatic heterocycles. The van der Waals surface area contributed by atoms with Crippen molar-refractivity contribution >= 4 is 16.9 Å². The molecule has 1 aromatic heterocycles. The van der Waals surface area contributed by atoms with E-state index in [0.717, 1.165) is 30.9 Å².